The van der Waals surface area contributed by atoms with Crippen molar-refractivity contribution in [2.24, 2.45) is 0 Å². The first kappa shape index (κ1) is 10.1. The van der Waals surface area contributed by atoms with Crippen LogP contribution in [0.2, 0.25) is 0 Å². The molecule has 2 aromatic rings. The fourth-order valence-corrected chi connectivity index (χ4v) is 2.79. The maximum atomic E-state index is 5.03. The Morgan fingerprint density at radius 3 is 2.93 bits per heavy atom. The molecule has 1 nitrogen and oxygen atoms in total. The first-order valence-corrected chi connectivity index (χ1v) is 6.17. The topological polar surface area (TPSA) is 15.8 Å². The van der Waals surface area contributed by atoms with Crippen LogP contribution in [0.25, 0.3) is 0 Å². The van der Waals surface area contributed by atoms with E-state index >= 15 is 0 Å². The second-order valence-electron chi connectivity index (χ2n) is 2.95. The third kappa shape index (κ3) is 2.53. The highest BCUT2D eigenvalue weighted by Crippen LogP contribution is 2.17. The molecule has 72 valence electrons. The number of thiazole rings is 1. The van der Waals surface area contributed by atoms with Crippen LogP contribution in [0.4, 0.5) is 0 Å². The Bertz CT molecular complexity index is 487. The first-order chi connectivity index (χ1) is 6.74. The number of aromatic amines is 1. The number of H-pyrrole nitrogens is 1. The van der Waals surface area contributed by atoms with Crippen molar-refractivity contribution in [1.82, 2.24) is 4.98 Å². The molecule has 0 spiro atoms. The van der Waals surface area contributed by atoms with Crippen LogP contribution in [0.5, 0.6) is 0 Å². The lowest BCUT2D eigenvalue weighted by Crippen LogP contribution is -1.83. The number of aromatic nitrogens is 1. The molecule has 0 atom stereocenters. The molecule has 4 heteroatoms. The smallest absolute Gasteiger partial charge is 0.158 e. The van der Waals surface area contributed by atoms with Crippen LogP contribution in [0.1, 0.15) is 10.4 Å². The highest BCUT2D eigenvalue weighted by Gasteiger charge is 1.98. The van der Waals surface area contributed by atoms with E-state index < -0.39 is 0 Å². The van der Waals surface area contributed by atoms with Crippen LogP contribution in [0, 0.1) is 3.95 Å². The van der Waals surface area contributed by atoms with Crippen molar-refractivity contribution in [3.63, 3.8) is 0 Å². The minimum atomic E-state index is 0.843. The second-order valence-corrected chi connectivity index (χ2v) is 5.67. The summed E-state index contributed by atoms with van der Waals surface area (Å²) in [4.78, 5) is 4.30. The van der Waals surface area contributed by atoms with Gasteiger partial charge in [0.15, 0.2) is 3.95 Å². The SMILES string of the molecule is S=c1[nH]cc(Cc2cccc(Br)c2)s1. The molecule has 2 rings (SSSR count). The van der Waals surface area contributed by atoms with E-state index in [0.717, 1.165) is 14.8 Å². The van der Waals surface area contributed by atoms with Gasteiger partial charge in [-0.05, 0) is 29.9 Å². The van der Waals surface area contributed by atoms with Crippen molar-refractivity contribution in [3.05, 3.63) is 49.3 Å². The molecule has 0 amide bonds. The molecule has 0 saturated carbocycles. The monoisotopic (exact) mass is 285 g/mol. The van der Waals surface area contributed by atoms with Gasteiger partial charge in [-0.2, -0.15) is 0 Å². The Hall–Kier alpha value is -0.450. The van der Waals surface area contributed by atoms with Crippen LogP contribution < -0.4 is 0 Å². The zero-order valence-corrected chi connectivity index (χ0v) is 10.5. The standard InChI is InChI=1S/C10H8BrNS2/c11-8-3-1-2-7(4-8)5-9-6-12-10(13)14-9/h1-4,6H,5H2,(H,12,13). The second kappa shape index (κ2) is 4.38. The van der Waals surface area contributed by atoms with E-state index in [1.165, 1.54) is 10.4 Å². The molecule has 0 bridgehead atoms. The van der Waals surface area contributed by atoms with E-state index in [-0.39, 0.29) is 0 Å². The summed E-state index contributed by atoms with van der Waals surface area (Å²) >= 11 is 10.1. The zero-order valence-electron chi connectivity index (χ0n) is 7.29. The van der Waals surface area contributed by atoms with E-state index in [4.69, 9.17) is 12.2 Å². The number of halogens is 1. The fourth-order valence-electron chi connectivity index (χ4n) is 1.25. The first-order valence-electron chi connectivity index (χ1n) is 4.16. The van der Waals surface area contributed by atoms with Gasteiger partial charge in [-0.1, -0.05) is 28.1 Å². The molecule has 1 N–H and O–H groups in total. The predicted molar refractivity (Wildman–Crippen MR) is 66.5 cm³/mol. The molecular formula is C10H8BrNS2. The molecule has 0 aliphatic carbocycles. The molecule has 0 radical (unpaired) electrons. The number of rotatable bonds is 2. The lowest BCUT2D eigenvalue weighted by molar-refractivity contribution is 1.21. The van der Waals surface area contributed by atoms with Gasteiger partial charge in [0.05, 0.1) is 0 Å². The van der Waals surface area contributed by atoms with Gasteiger partial charge in [0.2, 0.25) is 0 Å². The largest absolute Gasteiger partial charge is 0.343 e. The van der Waals surface area contributed by atoms with Gasteiger partial charge in [0, 0.05) is 22.0 Å². The summed E-state index contributed by atoms with van der Waals surface area (Å²) < 4.78 is 1.96. The van der Waals surface area contributed by atoms with E-state index in [0.29, 0.717) is 0 Å². The van der Waals surface area contributed by atoms with Crippen LogP contribution in [-0.4, -0.2) is 4.98 Å². The highest BCUT2D eigenvalue weighted by atomic mass is 79.9. The molecule has 0 aliphatic rings. The third-order valence-electron chi connectivity index (χ3n) is 1.84. The van der Waals surface area contributed by atoms with Crippen molar-refractivity contribution in [2.45, 2.75) is 6.42 Å². The van der Waals surface area contributed by atoms with E-state index in [2.05, 4.69) is 33.0 Å². The number of benzene rings is 1. The summed E-state index contributed by atoms with van der Waals surface area (Å²) in [5.74, 6) is 0. The molecule has 1 heterocycles. The van der Waals surface area contributed by atoms with Gasteiger partial charge in [-0.3, -0.25) is 0 Å². The Morgan fingerprint density at radius 1 is 1.43 bits per heavy atom. The zero-order chi connectivity index (χ0) is 9.97. The number of nitrogens with one attached hydrogen (secondary N) is 1. The molecule has 0 saturated heterocycles. The molecular weight excluding hydrogens is 278 g/mol. The molecule has 0 fully saturated rings. The minimum Gasteiger partial charge on any atom is -0.343 e. The summed E-state index contributed by atoms with van der Waals surface area (Å²) in [7, 11) is 0. The van der Waals surface area contributed by atoms with Crippen LogP contribution in [0.3, 0.4) is 0 Å². The van der Waals surface area contributed by atoms with Crippen LogP contribution in [0.15, 0.2) is 34.9 Å². The van der Waals surface area contributed by atoms with Gasteiger partial charge in [0.1, 0.15) is 0 Å². The van der Waals surface area contributed by atoms with E-state index in [1.807, 2.05) is 18.3 Å². The normalized spacial score (nSPS) is 10.4. The van der Waals surface area contributed by atoms with Gasteiger partial charge in [-0.25, -0.2) is 0 Å². The Kier molecular flexibility index (Phi) is 3.15. The average Bonchev–Trinajstić information content (AvgIpc) is 2.51. The predicted octanol–water partition coefficient (Wildman–Crippen LogP) is 4.16. The maximum Gasteiger partial charge on any atom is 0.158 e. The molecule has 0 unspecified atom stereocenters. The summed E-state index contributed by atoms with van der Waals surface area (Å²) in [6.45, 7) is 0. The van der Waals surface area contributed by atoms with Gasteiger partial charge < -0.3 is 4.98 Å². The third-order valence-corrected chi connectivity index (χ3v) is 3.53. The van der Waals surface area contributed by atoms with Gasteiger partial charge >= 0.3 is 0 Å². The summed E-state index contributed by atoms with van der Waals surface area (Å²) in [6, 6.07) is 8.32. The van der Waals surface area contributed by atoms with Crippen LogP contribution in [-0.2, 0) is 6.42 Å². The molecule has 1 aromatic carbocycles. The lowest BCUT2D eigenvalue weighted by atomic mass is 10.1. The Labute approximate surface area is 99.9 Å². The van der Waals surface area contributed by atoms with E-state index in [1.54, 1.807) is 11.3 Å². The molecule has 0 aliphatic heterocycles. The minimum absolute atomic E-state index is 0.843. The number of hydrogen-bond acceptors (Lipinski definition) is 2. The van der Waals surface area contributed by atoms with Crippen molar-refractivity contribution >= 4 is 39.5 Å². The summed E-state index contributed by atoms with van der Waals surface area (Å²) in [5, 5.41) is 0. The number of hydrogen-bond donors (Lipinski definition) is 1. The van der Waals surface area contributed by atoms with Crippen molar-refractivity contribution < 1.29 is 0 Å². The van der Waals surface area contributed by atoms with Crippen molar-refractivity contribution in [3.8, 4) is 0 Å². The van der Waals surface area contributed by atoms with Crippen molar-refractivity contribution in [1.29, 1.82) is 0 Å². The van der Waals surface area contributed by atoms with E-state index in [9.17, 15) is 0 Å². The lowest BCUT2D eigenvalue weighted by Gasteiger charge is -1.98. The Morgan fingerprint density at radius 2 is 2.29 bits per heavy atom. The van der Waals surface area contributed by atoms with Crippen LogP contribution >= 0.6 is 39.5 Å². The fraction of sp³-hybridized carbons (Fsp3) is 0.100. The highest BCUT2D eigenvalue weighted by molar-refractivity contribution is 9.10. The summed E-state index contributed by atoms with van der Waals surface area (Å²) in [6.07, 6.45) is 2.92. The molecule has 1 aromatic heterocycles. The average molecular weight is 286 g/mol. The maximum absolute atomic E-state index is 5.03. The Balaban J connectivity index is 2.22. The summed E-state index contributed by atoms with van der Waals surface area (Å²) in [5.41, 5.74) is 1.30. The molecule has 14 heavy (non-hydrogen) atoms. The van der Waals surface area contributed by atoms with Gasteiger partial charge in [0.25, 0.3) is 0 Å². The van der Waals surface area contributed by atoms with Crippen molar-refractivity contribution in [2.75, 3.05) is 0 Å². The quantitative estimate of drug-likeness (QED) is 0.820. The van der Waals surface area contributed by atoms with Gasteiger partial charge in [-0.15, -0.1) is 11.3 Å².